The van der Waals surface area contributed by atoms with Gasteiger partial charge in [0.05, 0.1) is 6.33 Å². The lowest BCUT2D eigenvalue weighted by Crippen LogP contribution is -2.21. The molecule has 0 saturated carbocycles. The number of aromatic nitrogens is 2. The Labute approximate surface area is 142 Å². The summed E-state index contributed by atoms with van der Waals surface area (Å²) in [5.41, 5.74) is 0.868. The number of aromatic hydroxyl groups is 1. The van der Waals surface area contributed by atoms with E-state index in [4.69, 9.17) is 11.6 Å². The molecule has 1 atom stereocenters. The minimum Gasteiger partial charge on any atom is -0.508 e. The maximum absolute atomic E-state index is 9.83. The molecule has 4 nitrogen and oxygen atoms in total. The van der Waals surface area contributed by atoms with Gasteiger partial charge < -0.3 is 15.0 Å². The summed E-state index contributed by atoms with van der Waals surface area (Å²) in [5.74, 6) is 0.238. The molecule has 0 amide bonds. The van der Waals surface area contributed by atoms with Crippen molar-refractivity contribution < 1.29 is 5.11 Å². The normalized spacial score (nSPS) is 11.3. The highest BCUT2D eigenvalue weighted by atomic mass is 35.5. The van der Waals surface area contributed by atoms with E-state index in [1.807, 2.05) is 30.1 Å². The Morgan fingerprint density at radius 1 is 1.38 bits per heavy atom. The summed E-state index contributed by atoms with van der Waals surface area (Å²) in [7, 11) is 0. The Kier molecular flexibility index (Phi) is 9.46. The highest BCUT2D eigenvalue weighted by Crippen LogP contribution is 2.26. The second kappa shape index (κ2) is 9.90. The first-order chi connectivity index (χ1) is 9.16. The summed E-state index contributed by atoms with van der Waals surface area (Å²) >= 11 is 5.82. The van der Waals surface area contributed by atoms with Crippen molar-refractivity contribution in [3.63, 3.8) is 0 Å². The van der Waals surface area contributed by atoms with E-state index >= 15 is 0 Å². The smallest absolute Gasteiger partial charge is 0.121 e. The molecule has 0 aliphatic carbocycles. The van der Waals surface area contributed by atoms with Crippen molar-refractivity contribution in [1.82, 2.24) is 14.9 Å². The highest BCUT2D eigenvalue weighted by Gasteiger charge is 2.09. The lowest BCUT2D eigenvalue weighted by Gasteiger charge is -2.15. The second-order valence-electron chi connectivity index (χ2n) is 4.53. The maximum Gasteiger partial charge on any atom is 0.121 e. The lowest BCUT2D eigenvalue weighted by atomic mass is 10.1. The number of phenolic OH excluding ortho intramolecular Hbond substituents is 1. The molecule has 2 N–H and O–H groups in total. The van der Waals surface area contributed by atoms with E-state index in [2.05, 4.69) is 10.3 Å². The minimum absolute atomic E-state index is 0. The van der Waals surface area contributed by atoms with E-state index in [1.165, 1.54) is 0 Å². The predicted octanol–water partition coefficient (Wildman–Crippen LogP) is 3.83. The molecule has 2 rings (SSSR count). The number of imidazole rings is 1. The molecular weight excluding hydrogens is 333 g/mol. The number of benzene rings is 1. The topological polar surface area (TPSA) is 50.1 Å². The predicted molar refractivity (Wildman–Crippen MR) is 90.9 cm³/mol. The molecular formula is C14H20Cl3N3O. The van der Waals surface area contributed by atoms with Gasteiger partial charge in [-0.2, -0.15) is 0 Å². The van der Waals surface area contributed by atoms with Crippen LogP contribution in [-0.2, 0) is 6.54 Å². The molecule has 1 heterocycles. The second-order valence-corrected chi connectivity index (χ2v) is 4.97. The molecule has 0 spiro atoms. The zero-order valence-corrected chi connectivity index (χ0v) is 14.1. The number of hydrogen-bond acceptors (Lipinski definition) is 3. The van der Waals surface area contributed by atoms with E-state index in [9.17, 15) is 5.11 Å². The van der Waals surface area contributed by atoms with Gasteiger partial charge in [-0.1, -0.05) is 17.7 Å². The summed E-state index contributed by atoms with van der Waals surface area (Å²) in [4.78, 5) is 4.00. The number of rotatable bonds is 6. The molecule has 0 aliphatic rings. The van der Waals surface area contributed by atoms with Crippen molar-refractivity contribution in [2.75, 3.05) is 6.54 Å². The molecule has 1 aromatic heterocycles. The van der Waals surface area contributed by atoms with Crippen LogP contribution in [0.15, 0.2) is 36.9 Å². The SMILES string of the molecule is CC(NCCCn1ccnc1)c1ccc(Cl)cc1O.Cl.Cl. The van der Waals surface area contributed by atoms with Gasteiger partial charge in [0.15, 0.2) is 0 Å². The zero-order chi connectivity index (χ0) is 13.7. The Morgan fingerprint density at radius 3 is 2.76 bits per heavy atom. The zero-order valence-electron chi connectivity index (χ0n) is 11.7. The molecule has 0 bridgehead atoms. The molecule has 21 heavy (non-hydrogen) atoms. The Morgan fingerprint density at radius 2 is 2.14 bits per heavy atom. The van der Waals surface area contributed by atoms with Crippen molar-refractivity contribution in [2.45, 2.75) is 25.9 Å². The van der Waals surface area contributed by atoms with E-state index in [1.54, 1.807) is 18.3 Å². The van der Waals surface area contributed by atoms with Crippen LogP contribution in [0.3, 0.4) is 0 Å². The van der Waals surface area contributed by atoms with E-state index < -0.39 is 0 Å². The first kappa shape index (κ1) is 20.1. The molecule has 1 aromatic carbocycles. The maximum atomic E-state index is 9.83. The third-order valence-electron chi connectivity index (χ3n) is 3.06. The summed E-state index contributed by atoms with van der Waals surface area (Å²) in [5, 5.41) is 13.8. The van der Waals surface area contributed by atoms with Crippen LogP contribution in [-0.4, -0.2) is 21.2 Å². The molecule has 7 heteroatoms. The van der Waals surface area contributed by atoms with E-state index in [0.29, 0.717) is 5.02 Å². The van der Waals surface area contributed by atoms with Crippen molar-refractivity contribution in [1.29, 1.82) is 0 Å². The van der Waals surface area contributed by atoms with Gasteiger partial charge in [-0.05, 0) is 32.0 Å². The average Bonchev–Trinajstić information content (AvgIpc) is 2.87. The minimum atomic E-state index is 0. The molecule has 118 valence electrons. The van der Waals surface area contributed by atoms with Gasteiger partial charge in [0.2, 0.25) is 0 Å². The van der Waals surface area contributed by atoms with Crippen LogP contribution < -0.4 is 5.32 Å². The standard InChI is InChI=1S/C14H18ClN3O.2ClH/c1-11(13-4-3-12(15)9-14(13)19)17-5-2-7-18-8-6-16-10-18;;/h3-4,6,8-11,17,19H,2,5,7H2,1H3;2*1H. The molecule has 0 radical (unpaired) electrons. The van der Waals surface area contributed by atoms with Crippen LogP contribution in [0.2, 0.25) is 5.02 Å². The van der Waals surface area contributed by atoms with Gasteiger partial charge in [0.1, 0.15) is 5.75 Å². The number of halogens is 3. The summed E-state index contributed by atoms with van der Waals surface area (Å²) in [6, 6.07) is 5.31. The molecule has 2 aromatic rings. The molecule has 0 fully saturated rings. The largest absolute Gasteiger partial charge is 0.508 e. The number of phenols is 1. The molecule has 0 aliphatic heterocycles. The fourth-order valence-electron chi connectivity index (χ4n) is 1.99. The van der Waals surface area contributed by atoms with Gasteiger partial charge in [-0.25, -0.2) is 4.98 Å². The van der Waals surface area contributed by atoms with Gasteiger partial charge in [0, 0.05) is 35.6 Å². The Balaban J connectivity index is 0.00000200. The van der Waals surface area contributed by atoms with Crippen molar-refractivity contribution in [2.24, 2.45) is 0 Å². The Bertz CT molecular complexity index is 520. The highest BCUT2D eigenvalue weighted by molar-refractivity contribution is 6.30. The van der Waals surface area contributed by atoms with Crippen molar-refractivity contribution in [3.05, 3.63) is 47.5 Å². The van der Waals surface area contributed by atoms with Gasteiger partial charge in [-0.3, -0.25) is 0 Å². The van der Waals surface area contributed by atoms with E-state index in [0.717, 1.165) is 25.1 Å². The van der Waals surface area contributed by atoms with E-state index in [-0.39, 0.29) is 36.6 Å². The van der Waals surface area contributed by atoms with Gasteiger partial charge in [-0.15, -0.1) is 24.8 Å². The van der Waals surface area contributed by atoms with Crippen LogP contribution in [0.25, 0.3) is 0 Å². The lowest BCUT2D eigenvalue weighted by molar-refractivity contribution is 0.449. The van der Waals surface area contributed by atoms with Crippen LogP contribution in [0.5, 0.6) is 5.75 Å². The quantitative estimate of drug-likeness (QED) is 0.777. The number of nitrogens with one attached hydrogen (secondary N) is 1. The summed E-state index contributed by atoms with van der Waals surface area (Å²) in [6.45, 7) is 3.84. The summed E-state index contributed by atoms with van der Waals surface area (Å²) < 4.78 is 2.05. The van der Waals surface area contributed by atoms with Crippen LogP contribution in [0, 0.1) is 0 Å². The van der Waals surface area contributed by atoms with Crippen LogP contribution in [0.1, 0.15) is 24.9 Å². The third kappa shape index (κ3) is 6.14. The molecule has 0 saturated heterocycles. The number of hydrogen-bond donors (Lipinski definition) is 2. The van der Waals surface area contributed by atoms with Gasteiger partial charge in [0.25, 0.3) is 0 Å². The van der Waals surface area contributed by atoms with Gasteiger partial charge >= 0.3 is 0 Å². The first-order valence-corrected chi connectivity index (χ1v) is 6.72. The van der Waals surface area contributed by atoms with Crippen molar-refractivity contribution >= 4 is 36.4 Å². The molecule has 1 unspecified atom stereocenters. The fourth-order valence-corrected chi connectivity index (χ4v) is 2.16. The number of aryl methyl sites for hydroxylation is 1. The van der Waals surface area contributed by atoms with Crippen LogP contribution in [0.4, 0.5) is 0 Å². The van der Waals surface area contributed by atoms with Crippen molar-refractivity contribution in [3.8, 4) is 5.75 Å². The summed E-state index contributed by atoms with van der Waals surface area (Å²) in [6.07, 6.45) is 6.56. The third-order valence-corrected chi connectivity index (χ3v) is 3.30. The number of nitrogens with zero attached hydrogens (tertiary/aromatic N) is 2. The van der Waals surface area contributed by atoms with Crippen LogP contribution >= 0.6 is 36.4 Å². The fraction of sp³-hybridized carbons (Fsp3) is 0.357. The Hall–Kier alpha value is -0.940. The first-order valence-electron chi connectivity index (χ1n) is 6.34. The monoisotopic (exact) mass is 351 g/mol. The average molecular weight is 353 g/mol.